The first kappa shape index (κ1) is 16.9. The Hall–Kier alpha value is -2.15. The second kappa shape index (κ2) is 8.21. The van der Waals surface area contributed by atoms with Gasteiger partial charge in [-0.1, -0.05) is 28.1 Å². The van der Waals surface area contributed by atoms with Crippen LogP contribution in [0.1, 0.15) is 18.4 Å². The van der Waals surface area contributed by atoms with Crippen LogP contribution in [0.3, 0.4) is 0 Å². The summed E-state index contributed by atoms with van der Waals surface area (Å²) in [7, 11) is 0. The average Bonchev–Trinajstić information content (AvgIpc) is 2.42. The quantitative estimate of drug-likeness (QED) is 0.641. The van der Waals surface area contributed by atoms with Crippen LogP contribution in [0.4, 0.5) is 0 Å². The van der Waals surface area contributed by atoms with Crippen LogP contribution in [0.5, 0.6) is 0 Å². The minimum absolute atomic E-state index is 0.0392. The van der Waals surface area contributed by atoms with Gasteiger partial charge < -0.3 is 16.2 Å². The zero-order chi connectivity index (χ0) is 15.8. The van der Waals surface area contributed by atoms with E-state index < -0.39 is 23.8 Å². The lowest BCUT2D eigenvalue weighted by atomic mass is 10.1. The lowest BCUT2D eigenvalue weighted by Gasteiger charge is -2.11. The van der Waals surface area contributed by atoms with Crippen LogP contribution in [-0.4, -0.2) is 28.9 Å². The molecule has 0 heterocycles. The molecule has 0 spiro atoms. The van der Waals surface area contributed by atoms with E-state index in [9.17, 15) is 14.4 Å². The number of nitrogens with two attached hydrogens (primary N) is 1. The minimum atomic E-state index is -1.21. The fraction of sp³-hybridized carbons (Fsp3) is 0.214. The highest BCUT2D eigenvalue weighted by Crippen LogP contribution is 2.11. The zero-order valence-corrected chi connectivity index (χ0v) is 12.7. The van der Waals surface area contributed by atoms with E-state index in [1.165, 1.54) is 6.08 Å². The van der Waals surface area contributed by atoms with Crippen molar-refractivity contribution in [3.63, 3.8) is 0 Å². The Labute approximate surface area is 130 Å². The standard InChI is InChI=1S/C14H15BrN2O4/c15-10-4-1-9(2-5-10)3-8-13(19)17-11(14(20)21)6-7-12(16)18/h1-5,8,11H,6-7H2,(H2,16,18)(H,17,19)(H,20,21)/b8-3+/t11-/m0/s1. The number of amides is 2. The lowest BCUT2D eigenvalue weighted by molar-refractivity contribution is -0.141. The third-order valence-electron chi connectivity index (χ3n) is 2.59. The van der Waals surface area contributed by atoms with Gasteiger partial charge in [0.15, 0.2) is 0 Å². The molecule has 1 atom stereocenters. The molecule has 21 heavy (non-hydrogen) atoms. The van der Waals surface area contributed by atoms with E-state index >= 15 is 0 Å². The first-order valence-electron chi connectivity index (χ1n) is 6.13. The summed E-state index contributed by atoms with van der Waals surface area (Å²) in [6.45, 7) is 0. The summed E-state index contributed by atoms with van der Waals surface area (Å²) in [5, 5.41) is 11.3. The van der Waals surface area contributed by atoms with E-state index in [4.69, 9.17) is 10.8 Å². The molecule has 6 nitrogen and oxygen atoms in total. The van der Waals surface area contributed by atoms with Crippen LogP contribution < -0.4 is 11.1 Å². The maximum absolute atomic E-state index is 11.7. The van der Waals surface area contributed by atoms with Gasteiger partial charge in [0.2, 0.25) is 11.8 Å². The van der Waals surface area contributed by atoms with E-state index in [-0.39, 0.29) is 12.8 Å². The molecule has 0 aliphatic carbocycles. The molecule has 0 saturated heterocycles. The highest BCUT2D eigenvalue weighted by atomic mass is 79.9. The normalized spacial score (nSPS) is 12.0. The Morgan fingerprint density at radius 1 is 1.29 bits per heavy atom. The van der Waals surface area contributed by atoms with Crippen molar-refractivity contribution >= 4 is 39.8 Å². The van der Waals surface area contributed by atoms with Gasteiger partial charge >= 0.3 is 5.97 Å². The predicted molar refractivity (Wildman–Crippen MR) is 81.2 cm³/mol. The summed E-state index contributed by atoms with van der Waals surface area (Å²) < 4.78 is 0.918. The van der Waals surface area contributed by atoms with Crippen molar-refractivity contribution in [1.82, 2.24) is 5.32 Å². The first-order valence-corrected chi connectivity index (χ1v) is 6.93. The van der Waals surface area contributed by atoms with E-state index in [2.05, 4.69) is 21.2 Å². The van der Waals surface area contributed by atoms with Crippen molar-refractivity contribution < 1.29 is 19.5 Å². The van der Waals surface area contributed by atoms with Gasteiger partial charge in [-0.3, -0.25) is 9.59 Å². The summed E-state index contributed by atoms with van der Waals surface area (Å²) in [6, 6.07) is 6.11. The maximum atomic E-state index is 11.7. The Morgan fingerprint density at radius 3 is 2.43 bits per heavy atom. The van der Waals surface area contributed by atoms with Gasteiger partial charge in [-0.15, -0.1) is 0 Å². The van der Waals surface area contributed by atoms with Gasteiger partial charge in [0, 0.05) is 17.0 Å². The molecular formula is C14H15BrN2O4. The van der Waals surface area contributed by atoms with Crippen molar-refractivity contribution in [2.45, 2.75) is 18.9 Å². The van der Waals surface area contributed by atoms with Gasteiger partial charge in [0.05, 0.1) is 0 Å². The van der Waals surface area contributed by atoms with E-state index in [0.717, 1.165) is 10.0 Å². The Balaban J connectivity index is 2.59. The topological polar surface area (TPSA) is 109 Å². The summed E-state index contributed by atoms with van der Waals surface area (Å²) >= 11 is 3.30. The van der Waals surface area contributed by atoms with Crippen LogP contribution in [0.2, 0.25) is 0 Å². The molecule has 0 bridgehead atoms. The van der Waals surface area contributed by atoms with Gasteiger partial charge in [0.1, 0.15) is 6.04 Å². The average molecular weight is 355 g/mol. The third kappa shape index (κ3) is 6.71. The molecule has 0 fully saturated rings. The minimum Gasteiger partial charge on any atom is -0.480 e. The van der Waals surface area contributed by atoms with Gasteiger partial charge in [-0.2, -0.15) is 0 Å². The van der Waals surface area contributed by atoms with Gasteiger partial charge in [-0.05, 0) is 30.2 Å². The molecule has 0 aliphatic heterocycles. The van der Waals surface area contributed by atoms with E-state index in [0.29, 0.717) is 0 Å². The van der Waals surface area contributed by atoms with E-state index in [1.54, 1.807) is 18.2 Å². The van der Waals surface area contributed by atoms with Crippen LogP contribution in [0, 0.1) is 0 Å². The molecule has 0 aliphatic rings. The fourth-order valence-electron chi connectivity index (χ4n) is 1.51. The smallest absolute Gasteiger partial charge is 0.326 e. The second-order valence-electron chi connectivity index (χ2n) is 4.29. The summed E-state index contributed by atoms with van der Waals surface area (Å²) in [4.78, 5) is 33.3. The largest absolute Gasteiger partial charge is 0.480 e. The number of carboxylic acids is 1. The number of carboxylic acid groups (broad SMARTS) is 1. The summed E-state index contributed by atoms with van der Waals surface area (Å²) in [5.74, 6) is -2.36. The van der Waals surface area contributed by atoms with E-state index in [1.807, 2.05) is 12.1 Å². The molecule has 0 aromatic heterocycles. The molecule has 112 valence electrons. The van der Waals surface area contributed by atoms with Crippen LogP contribution in [0.15, 0.2) is 34.8 Å². The Kier molecular flexibility index (Phi) is 6.61. The molecule has 1 aromatic rings. The SMILES string of the molecule is NC(=O)CC[C@H](NC(=O)/C=C/c1ccc(Br)cc1)C(=O)O. The highest BCUT2D eigenvalue weighted by Gasteiger charge is 2.19. The monoisotopic (exact) mass is 354 g/mol. The molecular weight excluding hydrogens is 340 g/mol. The lowest BCUT2D eigenvalue weighted by Crippen LogP contribution is -2.40. The van der Waals surface area contributed by atoms with Crippen LogP contribution in [0.25, 0.3) is 6.08 Å². The van der Waals surface area contributed by atoms with Crippen LogP contribution in [-0.2, 0) is 14.4 Å². The number of carbonyl (C=O) groups is 3. The number of carbonyl (C=O) groups excluding carboxylic acids is 2. The molecule has 7 heteroatoms. The van der Waals surface area contributed by atoms with Crippen molar-refractivity contribution in [2.24, 2.45) is 5.73 Å². The molecule has 1 rings (SSSR count). The third-order valence-corrected chi connectivity index (χ3v) is 3.12. The summed E-state index contributed by atoms with van der Waals surface area (Å²) in [6.07, 6.45) is 2.66. The number of hydrogen-bond donors (Lipinski definition) is 3. The van der Waals surface area contributed by atoms with Crippen molar-refractivity contribution in [3.05, 3.63) is 40.4 Å². The number of hydrogen-bond acceptors (Lipinski definition) is 3. The summed E-state index contributed by atoms with van der Waals surface area (Å²) in [5.41, 5.74) is 5.76. The Bertz CT molecular complexity index is 555. The second-order valence-corrected chi connectivity index (χ2v) is 5.20. The first-order chi connectivity index (χ1) is 9.88. The molecule has 0 radical (unpaired) electrons. The van der Waals surface area contributed by atoms with Gasteiger partial charge in [-0.25, -0.2) is 4.79 Å². The highest BCUT2D eigenvalue weighted by molar-refractivity contribution is 9.10. The van der Waals surface area contributed by atoms with Crippen LogP contribution >= 0.6 is 15.9 Å². The molecule has 4 N–H and O–H groups in total. The number of halogens is 1. The number of primary amides is 1. The number of aliphatic carboxylic acids is 1. The molecule has 2 amide bonds. The van der Waals surface area contributed by atoms with Gasteiger partial charge in [0.25, 0.3) is 0 Å². The number of benzene rings is 1. The fourth-order valence-corrected chi connectivity index (χ4v) is 1.77. The van der Waals surface area contributed by atoms with Crippen molar-refractivity contribution in [2.75, 3.05) is 0 Å². The predicted octanol–water partition coefficient (Wildman–Crippen LogP) is 1.30. The number of rotatable bonds is 7. The zero-order valence-electron chi connectivity index (χ0n) is 11.1. The molecule has 1 aromatic carbocycles. The molecule has 0 unspecified atom stereocenters. The number of nitrogens with one attached hydrogen (secondary N) is 1. The maximum Gasteiger partial charge on any atom is 0.326 e. The van der Waals surface area contributed by atoms with Crippen molar-refractivity contribution in [3.8, 4) is 0 Å². The Morgan fingerprint density at radius 2 is 1.90 bits per heavy atom. The molecule has 0 saturated carbocycles. The van der Waals surface area contributed by atoms with Crippen molar-refractivity contribution in [1.29, 1.82) is 0 Å².